The lowest BCUT2D eigenvalue weighted by Crippen LogP contribution is -2.21. The van der Waals surface area contributed by atoms with Gasteiger partial charge >= 0.3 is 0 Å². The van der Waals surface area contributed by atoms with Crippen LogP contribution in [0.1, 0.15) is 27.8 Å². The van der Waals surface area contributed by atoms with E-state index in [9.17, 15) is 4.39 Å². The van der Waals surface area contributed by atoms with Crippen molar-refractivity contribution in [1.82, 2.24) is 0 Å². The minimum atomic E-state index is -0.498. The zero-order valence-corrected chi connectivity index (χ0v) is 14.8. The van der Waals surface area contributed by atoms with Crippen molar-refractivity contribution in [3.63, 3.8) is 0 Å². The fourth-order valence-electron chi connectivity index (χ4n) is 2.75. The summed E-state index contributed by atoms with van der Waals surface area (Å²) in [6.07, 6.45) is 0. The van der Waals surface area contributed by atoms with E-state index >= 15 is 0 Å². The largest absolute Gasteiger partial charge is 0.207 e. The van der Waals surface area contributed by atoms with Gasteiger partial charge in [-0.2, -0.15) is 0 Å². The highest BCUT2D eigenvalue weighted by atomic mass is 79.9. The van der Waals surface area contributed by atoms with Crippen molar-refractivity contribution in [3.8, 4) is 0 Å². The number of hydrogen-bond donors (Lipinski definition) is 0. The van der Waals surface area contributed by atoms with Crippen molar-refractivity contribution in [3.05, 3.63) is 106 Å². The highest BCUT2D eigenvalue weighted by molar-refractivity contribution is 9.10. The van der Waals surface area contributed by atoms with Gasteiger partial charge in [0.25, 0.3) is 0 Å². The fraction of sp³-hybridized carbons (Fsp3) is 0.143. The van der Waals surface area contributed by atoms with Crippen molar-refractivity contribution in [2.24, 2.45) is 0 Å². The molecular weight excluding hydrogens is 351 g/mol. The molecule has 0 amide bonds. The van der Waals surface area contributed by atoms with Gasteiger partial charge in [-0.25, -0.2) is 4.39 Å². The maximum atomic E-state index is 13.4. The highest BCUT2D eigenvalue weighted by Gasteiger charge is 2.33. The van der Waals surface area contributed by atoms with Crippen LogP contribution < -0.4 is 0 Å². The molecule has 0 atom stereocenters. The molecular formula is C21H18BrF. The molecule has 0 N–H and O–H groups in total. The van der Waals surface area contributed by atoms with Crippen LogP contribution in [0.3, 0.4) is 0 Å². The Hall–Kier alpha value is -1.93. The highest BCUT2D eigenvalue weighted by Crippen LogP contribution is 2.44. The molecule has 3 aromatic carbocycles. The summed E-state index contributed by atoms with van der Waals surface area (Å²) in [6, 6.07) is 23.6. The van der Waals surface area contributed by atoms with Crippen molar-refractivity contribution < 1.29 is 4.39 Å². The average molecular weight is 369 g/mol. The van der Waals surface area contributed by atoms with Crippen molar-refractivity contribution in [1.29, 1.82) is 0 Å². The van der Waals surface area contributed by atoms with Crippen molar-refractivity contribution >= 4 is 15.9 Å². The van der Waals surface area contributed by atoms with Crippen LogP contribution in [0, 0.1) is 19.7 Å². The number of aryl methyl sites for hydroxylation is 2. The van der Waals surface area contributed by atoms with Gasteiger partial charge in [-0.3, -0.25) is 0 Å². The van der Waals surface area contributed by atoms with E-state index in [-0.39, 0.29) is 5.82 Å². The van der Waals surface area contributed by atoms with Gasteiger partial charge in [0, 0.05) is 0 Å². The summed E-state index contributed by atoms with van der Waals surface area (Å²) in [7, 11) is 0. The topological polar surface area (TPSA) is 0 Å². The lowest BCUT2D eigenvalue weighted by Gasteiger charge is -2.30. The molecule has 0 bridgehead atoms. The lowest BCUT2D eigenvalue weighted by atomic mass is 9.84. The number of alkyl halides is 1. The quantitative estimate of drug-likeness (QED) is 0.385. The molecule has 0 heterocycles. The number of rotatable bonds is 3. The second-order valence-corrected chi connectivity index (χ2v) is 7.09. The molecule has 0 aliphatic heterocycles. The Labute approximate surface area is 145 Å². The molecule has 0 saturated heterocycles. The van der Waals surface area contributed by atoms with Crippen LogP contribution in [0.2, 0.25) is 0 Å². The molecule has 0 fully saturated rings. The molecule has 0 saturated carbocycles. The van der Waals surface area contributed by atoms with Gasteiger partial charge in [0.2, 0.25) is 0 Å². The Morgan fingerprint density at radius 1 is 0.609 bits per heavy atom. The third-order valence-electron chi connectivity index (χ3n) is 4.14. The van der Waals surface area contributed by atoms with E-state index in [1.165, 1.54) is 23.3 Å². The summed E-state index contributed by atoms with van der Waals surface area (Å²) in [5.74, 6) is -0.226. The molecule has 3 aromatic rings. The summed E-state index contributed by atoms with van der Waals surface area (Å²) in [5.41, 5.74) is 5.68. The van der Waals surface area contributed by atoms with E-state index < -0.39 is 4.32 Å². The van der Waals surface area contributed by atoms with E-state index in [0.29, 0.717) is 0 Å². The molecule has 0 radical (unpaired) electrons. The standard InChI is InChI=1S/C21H18BrF/c1-15-3-7-17(8-4-15)21(22,18-9-5-16(2)6-10-18)19-11-13-20(23)14-12-19/h3-14H,1-2H3. The first kappa shape index (κ1) is 15.9. The van der Waals surface area contributed by atoms with Crippen LogP contribution in [-0.4, -0.2) is 0 Å². The summed E-state index contributed by atoms with van der Waals surface area (Å²) in [6.45, 7) is 4.15. The summed E-state index contributed by atoms with van der Waals surface area (Å²) >= 11 is 3.96. The van der Waals surface area contributed by atoms with Gasteiger partial charge in [-0.05, 0) is 42.7 Å². The third kappa shape index (κ3) is 3.09. The second kappa shape index (κ2) is 6.29. The Balaban J connectivity index is 2.21. The summed E-state index contributed by atoms with van der Waals surface area (Å²) in [4.78, 5) is 0. The van der Waals surface area contributed by atoms with Crippen molar-refractivity contribution in [2.75, 3.05) is 0 Å². The van der Waals surface area contributed by atoms with Gasteiger partial charge in [0.15, 0.2) is 0 Å². The van der Waals surface area contributed by atoms with E-state index in [1.54, 1.807) is 0 Å². The van der Waals surface area contributed by atoms with E-state index in [4.69, 9.17) is 0 Å². The maximum Gasteiger partial charge on any atom is 0.123 e. The normalized spacial score (nSPS) is 11.5. The first-order valence-corrected chi connectivity index (χ1v) is 8.39. The fourth-order valence-corrected chi connectivity index (χ4v) is 3.54. The molecule has 0 aromatic heterocycles. The SMILES string of the molecule is Cc1ccc(C(Br)(c2ccc(C)cc2)c2ccc(F)cc2)cc1. The smallest absolute Gasteiger partial charge is 0.123 e. The molecule has 0 unspecified atom stereocenters. The Morgan fingerprint density at radius 3 is 1.26 bits per heavy atom. The molecule has 3 rings (SSSR count). The van der Waals surface area contributed by atoms with Gasteiger partial charge in [0.05, 0.1) is 0 Å². The number of hydrogen-bond acceptors (Lipinski definition) is 0. The minimum absolute atomic E-state index is 0.226. The Bertz CT molecular complexity index is 676. The monoisotopic (exact) mass is 368 g/mol. The third-order valence-corrected chi connectivity index (χ3v) is 5.51. The maximum absolute atomic E-state index is 13.4. The van der Waals surface area contributed by atoms with Crippen LogP contribution in [0.5, 0.6) is 0 Å². The Kier molecular flexibility index (Phi) is 4.36. The predicted octanol–water partition coefficient (Wildman–Crippen LogP) is 6.13. The predicted molar refractivity (Wildman–Crippen MR) is 97.6 cm³/mol. The minimum Gasteiger partial charge on any atom is -0.207 e. The van der Waals surface area contributed by atoms with Gasteiger partial charge < -0.3 is 0 Å². The van der Waals surface area contributed by atoms with Crippen LogP contribution >= 0.6 is 15.9 Å². The molecule has 0 aliphatic rings. The summed E-state index contributed by atoms with van der Waals surface area (Å²) < 4.78 is 12.9. The van der Waals surface area contributed by atoms with Crippen LogP contribution in [0.15, 0.2) is 72.8 Å². The van der Waals surface area contributed by atoms with E-state index in [0.717, 1.165) is 16.7 Å². The molecule has 0 aliphatic carbocycles. The zero-order chi connectivity index (χ0) is 16.4. The first-order valence-electron chi connectivity index (χ1n) is 7.59. The van der Waals surface area contributed by atoms with Crippen LogP contribution in [0.25, 0.3) is 0 Å². The van der Waals surface area contributed by atoms with Crippen molar-refractivity contribution in [2.45, 2.75) is 18.2 Å². The average Bonchev–Trinajstić information content (AvgIpc) is 2.56. The van der Waals surface area contributed by atoms with Gasteiger partial charge in [0.1, 0.15) is 10.1 Å². The molecule has 116 valence electrons. The molecule has 23 heavy (non-hydrogen) atoms. The molecule has 0 nitrogen and oxygen atoms in total. The summed E-state index contributed by atoms with van der Waals surface area (Å²) in [5, 5.41) is 0. The molecule has 0 spiro atoms. The van der Waals surface area contributed by atoms with E-state index in [2.05, 4.69) is 78.3 Å². The molecule has 2 heteroatoms. The number of benzene rings is 3. The van der Waals surface area contributed by atoms with Crippen LogP contribution in [0.4, 0.5) is 4.39 Å². The van der Waals surface area contributed by atoms with Crippen LogP contribution in [-0.2, 0) is 4.32 Å². The van der Waals surface area contributed by atoms with Gasteiger partial charge in [-0.1, -0.05) is 87.7 Å². The van der Waals surface area contributed by atoms with Gasteiger partial charge in [-0.15, -0.1) is 0 Å². The first-order chi connectivity index (χ1) is 11.0. The number of halogens is 2. The second-order valence-electron chi connectivity index (χ2n) is 5.90. The lowest BCUT2D eigenvalue weighted by molar-refractivity contribution is 0.626. The van der Waals surface area contributed by atoms with E-state index in [1.807, 2.05) is 12.1 Å². The Morgan fingerprint density at radius 2 is 0.913 bits per heavy atom. The zero-order valence-electron chi connectivity index (χ0n) is 13.2.